The second-order valence-corrected chi connectivity index (χ2v) is 5.19. The Morgan fingerprint density at radius 3 is 2.65 bits per heavy atom. The Morgan fingerprint density at radius 1 is 1.53 bits per heavy atom. The molecule has 0 saturated heterocycles. The maximum Gasteiger partial charge on any atom is 0.243 e. The van der Waals surface area contributed by atoms with Crippen molar-refractivity contribution in [3.05, 3.63) is 30.1 Å². The molecule has 2 rings (SSSR count). The van der Waals surface area contributed by atoms with Gasteiger partial charge in [-0.1, -0.05) is 13.0 Å². The molecule has 1 saturated carbocycles. The summed E-state index contributed by atoms with van der Waals surface area (Å²) in [6, 6.07) is 6.07. The van der Waals surface area contributed by atoms with Gasteiger partial charge in [-0.15, -0.1) is 0 Å². The third-order valence-electron chi connectivity index (χ3n) is 3.92. The normalized spacial score (nSPS) is 20.4. The van der Waals surface area contributed by atoms with E-state index >= 15 is 0 Å². The van der Waals surface area contributed by atoms with Gasteiger partial charge in [0.05, 0.1) is 0 Å². The summed E-state index contributed by atoms with van der Waals surface area (Å²) >= 11 is 0. The Labute approximate surface area is 100 Å². The van der Waals surface area contributed by atoms with Gasteiger partial charge in [0.2, 0.25) is 5.91 Å². The largest absolute Gasteiger partial charge is 0.371 e. The van der Waals surface area contributed by atoms with Gasteiger partial charge in [-0.2, -0.15) is 0 Å². The van der Waals surface area contributed by atoms with Crippen molar-refractivity contribution >= 4 is 11.6 Å². The summed E-state index contributed by atoms with van der Waals surface area (Å²) < 4.78 is 13.1. The molecule has 1 aromatic rings. The highest BCUT2D eigenvalue weighted by Gasteiger charge is 2.56. The molecule has 1 aliphatic rings. The van der Waals surface area contributed by atoms with Gasteiger partial charge in [0.1, 0.15) is 11.4 Å². The summed E-state index contributed by atoms with van der Waals surface area (Å²) in [6.07, 6.45) is 1.91. The topological polar surface area (TPSA) is 55.1 Å². The summed E-state index contributed by atoms with van der Waals surface area (Å²) in [4.78, 5) is 11.7. The molecule has 92 valence electrons. The van der Waals surface area contributed by atoms with Crippen molar-refractivity contribution in [3.63, 3.8) is 0 Å². The van der Waals surface area contributed by atoms with Crippen LogP contribution in [0, 0.1) is 11.2 Å². The summed E-state index contributed by atoms with van der Waals surface area (Å²) in [5.41, 5.74) is 5.10. The van der Waals surface area contributed by atoms with Gasteiger partial charge in [0, 0.05) is 5.69 Å². The Hall–Kier alpha value is -1.58. The van der Waals surface area contributed by atoms with Crippen molar-refractivity contribution in [2.45, 2.75) is 32.2 Å². The third kappa shape index (κ3) is 1.99. The zero-order valence-corrected chi connectivity index (χ0v) is 10.1. The number of anilines is 1. The Kier molecular flexibility index (Phi) is 2.60. The first-order valence-corrected chi connectivity index (χ1v) is 5.71. The van der Waals surface area contributed by atoms with Crippen LogP contribution in [0.5, 0.6) is 0 Å². The molecule has 1 aliphatic carbocycles. The highest BCUT2D eigenvalue weighted by Crippen LogP contribution is 2.54. The Bertz CT molecular complexity index is 456. The highest BCUT2D eigenvalue weighted by molar-refractivity contribution is 5.89. The van der Waals surface area contributed by atoms with Crippen LogP contribution in [0.2, 0.25) is 0 Å². The van der Waals surface area contributed by atoms with E-state index in [1.54, 1.807) is 19.1 Å². The summed E-state index contributed by atoms with van der Waals surface area (Å²) in [5.74, 6) is -0.732. The molecule has 0 heterocycles. The lowest BCUT2D eigenvalue weighted by Crippen LogP contribution is -2.54. The molecule has 0 spiro atoms. The van der Waals surface area contributed by atoms with Crippen LogP contribution in [0.1, 0.15) is 26.7 Å². The van der Waals surface area contributed by atoms with E-state index < -0.39 is 11.4 Å². The first kappa shape index (κ1) is 11.9. The number of hydrogen-bond donors (Lipinski definition) is 2. The number of carbonyl (C=O) groups excluding carboxylic acids is 1. The van der Waals surface area contributed by atoms with Crippen LogP contribution in [0.25, 0.3) is 0 Å². The van der Waals surface area contributed by atoms with Crippen LogP contribution < -0.4 is 11.1 Å². The van der Waals surface area contributed by atoms with Crippen LogP contribution in [-0.4, -0.2) is 11.4 Å². The molecule has 1 fully saturated rings. The van der Waals surface area contributed by atoms with Gasteiger partial charge >= 0.3 is 0 Å². The molecule has 1 unspecified atom stereocenters. The lowest BCUT2D eigenvalue weighted by Gasteiger charge is -2.35. The molecule has 0 bridgehead atoms. The van der Waals surface area contributed by atoms with E-state index in [0.29, 0.717) is 5.69 Å². The molecule has 1 aromatic carbocycles. The number of halogens is 1. The van der Waals surface area contributed by atoms with Gasteiger partial charge < -0.3 is 11.1 Å². The van der Waals surface area contributed by atoms with Crippen LogP contribution in [0.3, 0.4) is 0 Å². The number of nitrogens with one attached hydrogen (secondary N) is 1. The van der Waals surface area contributed by atoms with E-state index in [4.69, 9.17) is 5.73 Å². The van der Waals surface area contributed by atoms with E-state index in [1.165, 1.54) is 12.1 Å². The number of amides is 1. The fourth-order valence-corrected chi connectivity index (χ4v) is 2.05. The van der Waals surface area contributed by atoms with Gasteiger partial charge in [0.15, 0.2) is 0 Å². The quantitative estimate of drug-likeness (QED) is 0.842. The smallest absolute Gasteiger partial charge is 0.243 e. The lowest BCUT2D eigenvalue weighted by atomic mass is 9.83. The highest BCUT2D eigenvalue weighted by atomic mass is 19.1. The number of primary amides is 1. The summed E-state index contributed by atoms with van der Waals surface area (Å²) in [5, 5.41) is 3.08. The van der Waals surface area contributed by atoms with Gasteiger partial charge in [-0.3, -0.25) is 4.79 Å². The molecule has 3 nitrogen and oxygen atoms in total. The zero-order chi connectivity index (χ0) is 12.7. The number of nitrogens with two attached hydrogens (primary N) is 1. The average Bonchev–Trinajstić information content (AvgIpc) is 2.97. The van der Waals surface area contributed by atoms with Crippen molar-refractivity contribution < 1.29 is 9.18 Å². The number of benzene rings is 1. The predicted octanol–water partition coefficient (Wildman–Crippen LogP) is 2.28. The summed E-state index contributed by atoms with van der Waals surface area (Å²) in [6.45, 7) is 3.80. The van der Waals surface area contributed by atoms with E-state index in [9.17, 15) is 9.18 Å². The average molecular weight is 236 g/mol. The molecule has 0 aromatic heterocycles. The third-order valence-corrected chi connectivity index (χ3v) is 3.92. The minimum Gasteiger partial charge on any atom is -0.371 e. The second-order valence-electron chi connectivity index (χ2n) is 5.19. The fourth-order valence-electron chi connectivity index (χ4n) is 2.05. The van der Waals surface area contributed by atoms with Crippen molar-refractivity contribution in [2.24, 2.45) is 11.1 Å². The minimum atomic E-state index is -0.833. The summed E-state index contributed by atoms with van der Waals surface area (Å²) in [7, 11) is 0. The maximum atomic E-state index is 13.1. The zero-order valence-electron chi connectivity index (χ0n) is 10.1. The number of rotatable bonds is 4. The molecular weight excluding hydrogens is 219 g/mol. The molecule has 3 N–H and O–H groups in total. The Balaban J connectivity index is 2.28. The lowest BCUT2D eigenvalue weighted by molar-refractivity contribution is -0.123. The van der Waals surface area contributed by atoms with E-state index in [-0.39, 0.29) is 11.2 Å². The van der Waals surface area contributed by atoms with Crippen molar-refractivity contribution in [3.8, 4) is 0 Å². The SMILES string of the molecule is CC1(C(C)(Nc2cccc(F)c2)C(N)=O)CC1. The van der Waals surface area contributed by atoms with Crippen LogP contribution in [0.15, 0.2) is 24.3 Å². The predicted molar refractivity (Wildman–Crippen MR) is 65.0 cm³/mol. The molecule has 17 heavy (non-hydrogen) atoms. The second kappa shape index (κ2) is 3.72. The molecule has 4 heteroatoms. The van der Waals surface area contributed by atoms with E-state index in [0.717, 1.165) is 12.8 Å². The molecule has 0 aliphatic heterocycles. The van der Waals surface area contributed by atoms with E-state index in [2.05, 4.69) is 5.32 Å². The van der Waals surface area contributed by atoms with Gasteiger partial charge in [-0.25, -0.2) is 4.39 Å². The van der Waals surface area contributed by atoms with Crippen LogP contribution >= 0.6 is 0 Å². The molecular formula is C13H17FN2O. The van der Waals surface area contributed by atoms with E-state index in [1.807, 2.05) is 6.92 Å². The van der Waals surface area contributed by atoms with Crippen molar-refractivity contribution in [2.75, 3.05) is 5.32 Å². The fraction of sp³-hybridized carbons (Fsp3) is 0.462. The van der Waals surface area contributed by atoms with Gasteiger partial charge in [0.25, 0.3) is 0 Å². The number of carbonyl (C=O) groups is 1. The molecule has 1 atom stereocenters. The first-order chi connectivity index (χ1) is 7.87. The molecule has 0 radical (unpaired) electrons. The monoisotopic (exact) mass is 236 g/mol. The van der Waals surface area contributed by atoms with Crippen molar-refractivity contribution in [1.82, 2.24) is 0 Å². The minimum absolute atomic E-state index is 0.134. The van der Waals surface area contributed by atoms with Crippen molar-refractivity contribution in [1.29, 1.82) is 0 Å². The number of hydrogen-bond acceptors (Lipinski definition) is 2. The van der Waals surface area contributed by atoms with Crippen LogP contribution in [0.4, 0.5) is 10.1 Å². The first-order valence-electron chi connectivity index (χ1n) is 5.71. The molecule has 1 amide bonds. The van der Waals surface area contributed by atoms with Gasteiger partial charge in [-0.05, 0) is 43.4 Å². The maximum absolute atomic E-state index is 13.1. The standard InChI is InChI=1S/C13H17FN2O/c1-12(6-7-12)13(2,11(15)17)16-10-5-3-4-9(14)8-10/h3-5,8,16H,6-7H2,1-2H3,(H2,15,17). The Morgan fingerprint density at radius 2 is 2.18 bits per heavy atom. The van der Waals surface area contributed by atoms with Crippen LogP contribution in [-0.2, 0) is 4.79 Å².